The zero-order valence-electron chi connectivity index (χ0n) is 7.26. The van der Waals surface area contributed by atoms with E-state index in [-0.39, 0.29) is 0 Å². The van der Waals surface area contributed by atoms with Gasteiger partial charge in [0.2, 0.25) is 0 Å². The van der Waals surface area contributed by atoms with E-state index in [0.29, 0.717) is 0 Å². The summed E-state index contributed by atoms with van der Waals surface area (Å²) in [6.45, 7) is 2.45. The van der Waals surface area contributed by atoms with Crippen LogP contribution < -0.4 is 0 Å². The Labute approximate surface area is 75.0 Å². The van der Waals surface area contributed by atoms with Gasteiger partial charge in [0.25, 0.3) is 0 Å². The number of carbonyl (C=O) groups is 2. The van der Waals surface area contributed by atoms with Gasteiger partial charge in [0, 0.05) is 13.3 Å². The highest BCUT2D eigenvalue weighted by molar-refractivity contribution is 7.57. The van der Waals surface area contributed by atoms with Crippen LogP contribution in [0.3, 0.4) is 0 Å². The Hall–Kier alpha value is -0.870. The predicted molar refractivity (Wildman–Crippen MR) is 44.2 cm³/mol. The molecule has 0 fully saturated rings. The third-order valence-electron chi connectivity index (χ3n) is 1.02. The second-order valence-electron chi connectivity index (χ2n) is 2.78. The van der Waals surface area contributed by atoms with E-state index in [4.69, 9.17) is 10.2 Å². The van der Waals surface area contributed by atoms with E-state index in [0.717, 1.165) is 0 Å². The first-order chi connectivity index (χ1) is 5.72. The summed E-state index contributed by atoms with van der Waals surface area (Å²) < 4.78 is 15.6. The lowest BCUT2D eigenvalue weighted by Gasteiger charge is -2.14. The lowest BCUT2D eigenvalue weighted by molar-refractivity contribution is -0.151. The normalized spacial score (nSPS) is 13.7. The molecule has 0 rings (SSSR count). The number of carboxylic acid groups (broad SMARTS) is 2. The Morgan fingerprint density at radius 1 is 1.38 bits per heavy atom. The van der Waals surface area contributed by atoms with Crippen LogP contribution in [-0.2, 0) is 18.7 Å². The molecule has 1 atom stereocenters. The highest BCUT2D eigenvalue weighted by Crippen LogP contribution is 2.39. The van der Waals surface area contributed by atoms with Gasteiger partial charge in [-0.15, -0.1) is 0 Å². The minimum Gasteiger partial charge on any atom is -0.481 e. The van der Waals surface area contributed by atoms with Gasteiger partial charge in [-0.25, -0.2) is 4.79 Å². The average Bonchev–Trinajstić information content (AvgIpc) is 1.81. The van der Waals surface area contributed by atoms with Crippen LogP contribution in [0.1, 0.15) is 6.42 Å². The van der Waals surface area contributed by atoms with Gasteiger partial charge < -0.3 is 14.7 Å². The van der Waals surface area contributed by atoms with Gasteiger partial charge >= 0.3 is 11.9 Å². The minimum absolute atomic E-state index is 0.693. The van der Waals surface area contributed by atoms with Gasteiger partial charge in [-0.05, 0) is 0 Å². The van der Waals surface area contributed by atoms with Crippen LogP contribution >= 0.6 is 7.37 Å². The third kappa shape index (κ3) is 6.31. The van der Waals surface area contributed by atoms with Gasteiger partial charge in [-0.3, -0.25) is 9.36 Å². The molecule has 0 radical (unpaired) electrons. The van der Waals surface area contributed by atoms with Gasteiger partial charge in [-0.2, -0.15) is 0 Å². The lowest BCUT2D eigenvalue weighted by Crippen LogP contribution is -2.25. The fourth-order valence-electron chi connectivity index (χ4n) is 0.635. The molecular formula is C6H11O6P. The molecule has 0 aliphatic carbocycles. The zero-order chi connectivity index (χ0) is 10.6. The molecule has 0 aromatic carbocycles. The second kappa shape index (κ2) is 4.39. The first kappa shape index (κ1) is 12.1. The molecular weight excluding hydrogens is 199 g/mol. The van der Waals surface area contributed by atoms with Crippen molar-refractivity contribution in [1.82, 2.24) is 0 Å². The fourth-order valence-corrected chi connectivity index (χ4v) is 1.41. The monoisotopic (exact) mass is 210 g/mol. The van der Waals surface area contributed by atoms with Crippen LogP contribution in [0.15, 0.2) is 0 Å². The van der Waals surface area contributed by atoms with E-state index in [1.54, 1.807) is 0 Å². The van der Waals surface area contributed by atoms with E-state index in [1.165, 1.54) is 13.3 Å². The molecule has 2 N–H and O–H groups in total. The Balaban J connectivity index is 4.36. The van der Waals surface area contributed by atoms with Crippen LogP contribution in [-0.4, -0.2) is 41.6 Å². The molecule has 0 amide bonds. The van der Waals surface area contributed by atoms with Crippen molar-refractivity contribution in [2.45, 2.75) is 12.5 Å². The number of rotatable bonds is 5. The summed E-state index contributed by atoms with van der Waals surface area (Å²) in [4.78, 5) is 20.6. The van der Waals surface area contributed by atoms with Crippen molar-refractivity contribution in [3.8, 4) is 0 Å². The van der Waals surface area contributed by atoms with E-state index in [1.807, 2.05) is 0 Å². The number of hydrogen-bond acceptors (Lipinski definition) is 4. The van der Waals surface area contributed by atoms with Crippen molar-refractivity contribution in [2.24, 2.45) is 0 Å². The Kier molecular flexibility index (Phi) is 4.10. The van der Waals surface area contributed by atoms with Crippen molar-refractivity contribution >= 4 is 19.3 Å². The van der Waals surface area contributed by atoms with Crippen molar-refractivity contribution in [3.63, 3.8) is 0 Å². The summed E-state index contributed by atoms with van der Waals surface area (Å²) in [6, 6.07) is 0. The second-order valence-corrected chi connectivity index (χ2v) is 5.50. The first-order valence-electron chi connectivity index (χ1n) is 3.40. The molecule has 0 aliphatic rings. The van der Waals surface area contributed by atoms with Crippen LogP contribution in [0.25, 0.3) is 0 Å². The van der Waals surface area contributed by atoms with E-state index < -0.39 is 31.8 Å². The fraction of sp³-hybridized carbons (Fsp3) is 0.667. The smallest absolute Gasteiger partial charge is 0.333 e. The maximum atomic E-state index is 11.0. The topological polar surface area (TPSA) is 101 Å². The summed E-state index contributed by atoms with van der Waals surface area (Å²) in [6.07, 6.45) is -2.24. The van der Waals surface area contributed by atoms with Crippen molar-refractivity contribution < 1.29 is 28.9 Å². The molecule has 0 saturated carbocycles. The van der Waals surface area contributed by atoms with Gasteiger partial charge in [-0.1, -0.05) is 0 Å². The van der Waals surface area contributed by atoms with Gasteiger partial charge in [0.05, 0.1) is 6.42 Å². The molecule has 76 valence electrons. The Morgan fingerprint density at radius 2 is 1.85 bits per heavy atom. The van der Waals surface area contributed by atoms with E-state index >= 15 is 0 Å². The highest BCUT2D eigenvalue weighted by Gasteiger charge is 2.26. The minimum atomic E-state index is -2.98. The molecule has 13 heavy (non-hydrogen) atoms. The van der Waals surface area contributed by atoms with E-state index in [2.05, 4.69) is 4.52 Å². The van der Waals surface area contributed by atoms with Crippen LogP contribution in [0.5, 0.6) is 0 Å². The van der Waals surface area contributed by atoms with Gasteiger partial charge in [0.1, 0.15) is 0 Å². The maximum absolute atomic E-state index is 11.0. The predicted octanol–water partition coefficient (Wildman–Crippen LogP) is 0.469. The SMILES string of the molecule is CP(C)(=O)OC(CC(=O)O)C(=O)O. The summed E-state index contributed by atoms with van der Waals surface area (Å²) in [5.41, 5.74) is 0. The molecule has 0 heterocycles. The molecule has 0 bridgehead atoms. The number of carboxylic acids is 2. The first-order valence-corrected chi connectivity index (χ1v) is 5.92. The quantitative estimate of drug-likeness (QED) is 0.639. The molecule has 0 saturated heterocycles. The van der Waals surface area contributed by atoms with Crippen molar-refractivity contribution in [3.05, 3.63) is 0 Å². The van der Waals surface area contributed by atoms with Crippen LogP contribution in [0.2, 0.25) is 0 Å². The van der Waals surface area contributed by atoms with E-state index in [9.17, 15) is 14.2 Å². The highest BCUT2D eigenvalue weighted by atomic mass is 31.2. The summed E-state index contributed by atoms with van der Waals surface area (Å²) in [5.74, 6) is -2.73. The third-order valence-corrected chi connectivity index (χ3v) is 1.78. The molecule has 6 nitrogen and oxygen atoms in total. The number of hydrogen-bond donors (Lipinski definition) is 2. The Morgan fingerprint density at radius 3 is 2.08 bits per heavy atom. The molecule has 0 aromatic heterocycles. The number of aliphatic carboxylic acids is 2. The maximum Gasteiger partial charge on any atom is 0.333 e. The standard InChI is InChI=1S/C6H11O6P/c1-13(2,11)12-4(6(9)10)3-5(7)8/h4H,3H2,1-2H3,(H,7,8)(H,9,10). The van der Waals surface area contributed by atoms with Crippen molar-refractivity contribution in [2.75, 3.05) is 13.3 Å². The zero-order valence-corrected chi connectivity index (χ0v) is 8.15. The molecule has 1 unspecified atom stereocenters. The molecule has 0 aliphatic heterocycles. The molecule has 7 heteroatoms. The summed E-state index contributed by atoms with van der Waals surface area (Å²) >= 11 is 0. The molecule has 0 spiro atoms. The summed E-state index contributed by atoms with van der Waals surface area (Å²) in [7, 11) is -2.98. The van der Waals surface area contributed by atoms with Crippen LogP contribution in [0, 0.1) is 0 Å². The average molecular weight is 210 g/mol. The largest absolute Gasteiger partial charge is 0.481 e. The lowest BCUT2D eigenvalue weighted by atomic mass is 10.3. The molecule has 0 aromatic rings. The van der Waals surface area contributed by atoms with Crippen LogP contribution in [0.4, 0.5) is 0 Å². The Bertz CT molecular complexity index is 254. The summed E-state index contributed by atoms with van der Waals surface area (Å²) in [5, 5.41) is 16.8. The van der Waals surface area contributed by atoms with Gasteiger partial charge in [0.15, 0.2) is 13.5 Å². The van der Waals surface area contributed by atoms with Crippen molar-refractivity contribution in [1.29, 1.82) is 0 Å².